The molecule has 5 nitrogen and oxygen atoms in total. The fourth-order valence-corrected chi connectivity index (χ4v) is 2.99. The van der Waals surface area contributed by atoms with E-state index in [1.165, 1.54) is 0 Å². The van der Waals surface area contributed by atoms with Gasteiger partial charge in [0.2, 0.25) is 0 Å². The number of ether oxygens (including phenoxy) is 2. The summed E-state index contributed by atoms with van der Waals surface area (Å²) in [5, 5.41) is 10.2. The van der Waals surface area contributed by atoms with Crippen LogP contribution in [-0.4, -0.2) is 41.8 Å². The number of aliphatic hydroxyl groups is 1. The van der Waals surface area contributed by atoms with Crippen molar-refractivity contribution >= 4 is 11.8 Å². The largest absolute Gasteiger partial charge is 0.454 e. The monoisotopic (exact) mass is 334 g/mol. The molecule has 5 heteroatoms. The number of ketones is 1. The standard InChI is InChI=1S/C19H26O5/c1-10(2)9-23-16-6-11(3)14(20)8-15(21)12(4)7-17-18(16)13(5)19(22)24-17/h7,10,15-18,21H,3,5-6,8-9H2,1-2,4H3. The fraction of sp³-hybridized carbons (Fsp3) is 0.579. The molecule has 2 rings (SSSR count). The molecule has 1 aliphatic carbocycles. The van der Waals surface area contributed by atoms with Gasteiger partial charge in [0.1, 0.15) is 6.10 Å². The Morgan fingerprint density at radius 3 is 2.62 bits per heavy atom. The van der Waals surface area contributed by atoms with Crippen molar-refractivity contribution in [3.8, 4) is 0 Å². The molecule has 1 fully saturated rings. The van der Waals surface area contributed by atoms with Crippen LogP contribution >= 0.6 is 0 Å². The number of hydrogen-bond acceptors (Lipinski definition) is 5. The van der Waals surface area contributed by atoms with Crippen molar-refractivity contribution in [2.45, 2.75) is 51.9 Å². The first-order valence-electron chi connectivity index (χ1n) is 8.29. The predicted molar refractivity (Wildman–Crippen MR) is 90.2 cm³/mol. The number of rotatable bonds is 3. The van der Waals surface area contributed by atoms with Crippen LogP contribution in [0.15, 0.2) is 36.0 Å². The van der Waals surface area contributed by atoms with Crippen LogP contribution in [0.5, 0.6) is 0 Å². The fourth-order valence-electron chi connectivity index (χ4n) is 2.99. The number of carbonyl (C=O) groups excluding carboxylic acids is 2. The summed E-state index contributed by atoms with van der Waals surface area (Å²) in [5.74, 6) is -0.727. The van der Waals surface area contributed by atoms with Crippen molar-refractivity contribution in [2.75, 3.05) is 6.61 Å². The van der Waals surface area contributed by atoms with Gasteiger partial charge in [0.05, 0.1) is 18.1 Å². The minimum atomic E-state index is -0.907. The van der Waals surface area contributed by atoms with Crippen molar-refractivity contribution in [3.05, 3.63) is 36.0 Å². The van der Waals surface area contributed by atoms with Crippen molar-refractivity contribution in [1.29, 1.82) is 0 Å². The van der Waals surface area contributed by atoms with Gasteiger partial charge in [0, 0.05) is 25.0 Å². The van der Waals surface area contributed by atoms with Crippen LogP contribution in [0.3, 0.4) is 0 Å². The molecule has 4 atom stereocenters. The summed E-state index contributed by atoms with van der Waals surface area (Å²) in [4.78, 5) is 24.2. The summed E-state index contributed by atoms with van der Waals surface area (Å²) < 4.78 is 11.4. The van der Waals surface area contributed by atoms with E-state index >= 15 is 0 Å². The first-order valence-corrected chi connectivity index (χ1v) is 8.29. The SMILES string of the molecule is C=C1CC(OCC(C)C)C2C(=C)C(=O)OC2C=C(C)C(O)CC1=O. The van der Waals surface area contributed by atoms with Crippen LogP contribution in [0.2, 0.25) is 0 Å². The second kappa shape index (κ2) is 7.45. The summed E-state index contributed by atoms with van der Waals surface area (Å²) in [6.07, 6.45) is 0.116. The number of aliphatic hydroxyl groups excluding tert-OH is 1. The van der Waals surface area contributed by atoms with Crippen LogP contribution < -0.4 is 0 Å². The molecule has 4 unspecified atom stereocenters. The molecule has 1 N–H and O–H groups in total. The second-order valence-electron chi connectivity index (χ2n) is 7.05. The van der Waals surface area contributed by atoms with E-state index in [4.69, 9.17) is 9.47 Å². The molecule has 0 aromatic carbocycles. The molecule has 1 saturated heterocycles. The van der Waals surface area contributed by atoms with Crippen LogP contribution in [-0.2, 0) is 19.1 Å². The third kappa shape index (κ3) is 4.02. The van der Waals surface area contributed by atoms with Crippen LogP contribution in [0, 0.1) is 11.8 Å². The third-order valence-electron chi connectivity index (χ3n) is 4.48. The minimum absolute atomic E-state index is 0.0235. The molecular formula is C19H26O5. The van der Waals surface area contributed by atoms with Gasteiger partial charge in [-0.05, 0) is 30.1 Å². The highest BCUT2D eigenvalue weighted by atomic mass is 16.6. The van der Waals surface area contributed by atoms with Crippen molar-refractivity contribution in [3.63, 3.8) is 0 Å². The first kappa shape index (κ1) is 18.6. The Labute approximate surface area is 143 Å². The van der Waals surface area contributed by atoms with Crippen LogP contribution in [0.25, 0.3) is 0 Å². The van der Waals surface area contributed by atoms with Crippen LogP contribution in [0.4, 0.5) is 0 Å². The summed E-state index contributed by atoms with van der Waals surface area (Å²) in [5.41, 5.74) is 1.33. The van der Waals surface area contributed by atoms with E-state index in [0.29, 0.717) is 35.7 Å². The lowest BCUT2D eigenvalue weighted by Crippen LogP contribution is -2.34. The third-order valence-corrected chi connectivity index (χ3v) is 4.48. The maximum Gasteiger partial charge on any atom is 0.334 e. The van der Waals surface area contributed by atoms with Crippen molar-refractivity contribution in [1.82, 2.24) is 0 Å². The summed E-state index contributed by atoms with van der Waals surface area (Å²) in [6.45, 7) is 14.0. The van der Waals surface area contributed by atoms with Gasteiger partial charge < -0.3 is 14.6 Å². The molecule has 0 amide bonds. The molecule has 1 heterocycles. The molecule has 0 spiro atoms. The minimum Gasteiger partial charge on any atom is -0.454 e. The molecule has 0 bridgehead atoms. The number of hydrogen-bond donors (Lipinski definition) is 1. The maximum absolute atomic E-state index is 12.2. The number of carbonyl (C=O) groups is 2. The van der Waals surface area contributed by atoms with E-state index in [-0.39, 0.29) is 18.1 Å². The Hall–Kier alpha value is -1.72. The summed E-state index contributed by atoms with van der Waals surface area (Å²) in [7, 11) is 0. The molecule has 24 heavy (non-hydrogen) atoms. The van der Waals surface area contributed by atoms with Gasteiger partial charge in [-0.15, -0.1) is 0 Å². The van der Waals surface area contributed by atoms with E-state index in [0.717, 1.165) is 0 Å². The number of Topliss-reactive ketones (excluding diaryl/α,β-unsaturated/α-hetero) is 1. The zero-order valence-corrected chi connectivity index (χ0v) is 14.6. The Bertz CT molecular complexity index is 587. The number of esters is 1. The van der Waals surface area contributed by atoms with E-state index in [1.807, 2.05) is 13.8 Å². The van der Waals surface area contributed by atoms with E-state index in [9.17, 15) is 14.7 Å². The highest BCUT2D eigenvalue weighted by Crippen LogP contribution is 2.36. The van der Waals surface area contributed by atoms with Crippen molar-refractivity contribution in [2.24, 2.45) is 11.8 Å². The van der Waals surface area contributed by atoms with Crippen molar-refractivity contribution < 1.29 is 24.2 Å². The average molecular weight is 334 g/mol. The summed E-state index contributed by atoms with van der Waals surface area (Å²) in [6, 6.07) is 0. The Balaban J connectivity index is 2.39. The predicted octanol–water partition coefficient (Wildman–Crippen LogP) is 2.35. The Morgan fingerprint density at radius 2 is 2.00 bits per heavy atom. The summed E-state index contributed by atoms with van der Waals surface area (Å²) >= 11 is 0. The second-order valence-corrected chi connectivity index (χ2v) is 7.05. The lowest BCUT2D eigenvalue weighted by Gasteiger charge is -2.29. The highest BCUT2D eigenvalue weighted by molar-refractivity contribution is 5.95. The smallest absolute Gasteiger partial charge is 0.334 e. The van der Waals surface area contributed by atoms with Gasteiger partial charge in [-0.2, -0.15) is 0 Å². The normalized spacial score (nSPS) is 31.8. The van der Waals surface area contributed by atoms with Gasteiger partial charge in [0.15, 0.2) is 5.78 Å². The highest BCUT2D eigenvalue weighted by Gasteiger charge is 2.44. The van der Waals surface area contributed by atoms with E-state index in [1.54, 1.807) is 13.0 Å². The quantitative estimate of drug-likeness (QED) is 0.487. The van der Waals surface area contributed by atoms with Gasteiger partial charge >= 0.3 is 5.97 Å². The van der Waals surface area contributed by atoms with Gasteiger partial charge in [-0.1, -0.05) is 27.0 Å². The molecule has 132 valence electrons. The van der Waals surface area contributed by atoms with Crippen LogP contribution in [0.1, 0.15) is 33.6 Å². The van der Waals surface area contributed by atoms with Gasteiger partial charge in [-0.25, -0.2) is 4.79 Å². The van der Waals surface area contributed by atoms with Gasteiger partial charge in [-0.3, -0.25) is 4.79 Å². The molecular weight excluding hydrogens is 308 g/mol. The average Bonchev–Trinajstić information content (AvgIpc) is 2.77. The zero-order chi connectivity index (χ0) is 18.0. The Morgan fingerprint density at radius 1 is 1.33 bits per heavy atom. The molecule has 0 aromatic heterocycles. The maximum atomic E-state index is 12.2. The lowest BCUT2D eigenvalue weighted by atomic mass is 9.83. The van der Waals surface area contributed by atoms with Gasteiger partial charge in [0.25, 0.3) is 0 Å². The first-order chi connectivity index (χ1) is 11.2. The number of fused-ring (bicyclic) bond motifs is 1. The molecule has 0 aromatic rings. The molecule has 1 aliphatic heterocycles. The molecule has 0 radical (unpaired) electrons. The van der Waals surface area contributed by atoms with E-state index < -0.39 is 24.3 Å². The van der Waals surface area contributed by atoms with E-state index in [2.05, 4.69) is 13.2 Å². The Kier molecular flexibility index (Phi) is 5.78. The zero-order valence-electron chi connectivity index (χ0n) is 14.6. The topological polar surface area (TPSA) is 72.8 Å². The molecule has 2 aliphatic rings. The lowest BCUT2D eigenvalue weighted by molar-refractivity contribution is -0.138. The molecule has 0 saturated carbocycles.